The van der Waals surface area contributed by atoms with Gasteiger partial charge in [0, 0.05) is 17.0 Å². The topological polar surface area (TPSA) is 42.4 Å². The Morgan fingerprint density at radius 2 is 2.24 bits per heavy atom. The fourth-order valence-electron chi connectivity index (χ4n) is 1.52. The highest BCUT2D eigenvalue weighted by molar-refractivity contribution is 7.09. The summed E-state index contributed by atoms with van der Waals surface area (Å²) >= 11 is 1.42. The van der Waals surface area contributed by atoms with Crippen LogP contribution in [-0.2, 0) is 0 Å². The number of hydrogen-bond acceptors (Lipinski definition) is 4. The molecule has 90 valence electrons. The molecule has 0 amide bonds. The van der Waals surface area contributed by atoms with Gasteiger partial charge in [-0.25, -0.2) is 9.37 Å². The lowest BCUT2D eigenvalue weighted by molar-refractivity contribution is 0.210. The van der Waals surface area contributed by atoms with Crippen molar-refractivity contribution in [2.75, 3.05) is 7.11 Å². The number of aliphatic hydroxyl groups is 1. The zero-order valence-electron chi connectivity index (χ0n) is 9.48. The van der Waals surface area contributed by atoms with Gasteiger partial charge < -0.3 is 9.84 Å². The van der Waals surface area contributed by atoms with Crippen LogP contribution in [0, 0.1) is 12.7 Å². The predicted molar refractivity (Wildman–Crippen MR) is 63.9 cm³/mol. The molecule has 3 nitrogen and oxygen atoms in total. The van der Waals surface area contributed by atoms with Crippen LogP contribution in [0.5, 0.6) is 5.75 Å². The molecule has 0 aliphatic heterocycles. The molecule has 1 N–H and O–H groups in total. The number of benzene rings is 1. The number of halogens is 1. The maximum atomic E-state index is 13.7. The minimum absolute atomic E-state index is 0.205. The van der Waals surface area contributed by atoms with Gasteiger partial charge in [-0.3, -0.25) is 0 Å². The predicted octanol–water partition coefficient (Wildman–Crippen LogP) is 2.68. The molecule has 1 unspecified atom stereocenters. The van der Waals surface area contributed by atoms with Gasteiger partial charge in [0.25, 0.3) is 0 Å². The number of methoxy groups -OCH3 is 1. The third-order valence-electron chi connectivity index (χ3n) is 2.42. The summed E-state index contributed by atoms with van der Waals surface area (Å²) in [6.45, 7) is 1.84. The summed E-state index contributed by atoms with van der Waals surface area (Å²) in [4.78, 5) is 4.14. The van der Waals surface area contributed by atoms with Gasteiger partial charge in [0.15, 0.2) is 0 Å². The summed E-state index contributed by atoms with van der Waals surface area (Å²) in [5, 5.41) is 12.6. The SMILES string of the molecule is COc1ccc(C(O)c2csc(C)n2)c(F)c1. The number of hydrogen-bond donors (Lipinski definition) is 1. The molecule has 1 atom stereocenters. The molecule has 17 heavy (non-hydrogen) atoms. The van der Waals surface area contributed by atoms with E-state index in [1.54, 1.807) is 11.4 Å². The smallest absolute Gasteiger partial charge is 0.133 e. The Hall–Kier alpha value is -1.46. The first-order valence-corrected chi connectivity index (χ1v) is 5.93. The molecule has 0 fully saturated rings. The van der Waals surface area contributed by atoms with Crippen LogP contribution >= 0.6 is 11.3 Å². The van der Waals surface area contributed by atoms with E-state index in [2.05, 4.69) is 4.98 Å². The van der Waals surface area contributed by atoms with Crippen molar-refractivity contribution in [3.63, 3.8) is 0 Å². The zero-order valence-corrected chi connectivity index (χ0v) is 10.3. The average Bonchev–Trinajstić information content (AvgIpc) is 2.75. The van der Waals surface area contributed by atoms with Crippen molar-refractivity contribution < 1.29 is 14.2 Å². The van der Waals surface area contributed by atoms with E-state index in [4.69, 9.17) is 4.74 Å². The maximum Gasteiger partial charge on any atom is 0.133 e. The van der Waals surface area contributed by atoms with Crippen LogP contribution in [0.2, 0.25) is 0 Å². The van der Waals surface area contributed by atoms with Crippen LogP contribution in [0.3, 0.4) is 0 Å². The molecule has 0 aliphatic carbocycles. The second-order valence-corrected chi connectivity index (χ2v) is 4.64. The fourth-order valence-corrected chi connectivity index (χ4v) is 2.15. The molecule has 0 saturated carbocycles. The van der Waals surface area contributed by atoms with Gasteiger partial charge in [0.2, 0.25) is 0 Å². The molecule has 0 bridgehead atoms. The van der Waals surface area contributed by atoms with Crippen LogP contribution in [-0.4, -0.2) is 17.2 Å². The average molecular weight is 253 g/mol. The summed E-state index contributed by atoms with van der Waals surface area (Å²) in [5.41, 5.74) is 0.674. The number of aryl methyl sites for hydroxylation is 1. The highest BCUT2D eigenvalue weighted by Gasteiger charge is 2.17. The zero-order chi connectivity index (χ0) is 12.4. The fraction of sp³-hybridized carbons (Fsp3) is 0.250. The summed E-state index contributed by atoms with van der Waals surface area (Å²) in [5.74, 6) is -0.0737. The number of aliphatic hydroxyl groups excluding tert-OH is 1. The maximum absolute atomic E-state index is 13.7. The van der Waals surface area contributed by atoms with Crippen molar-refractivity contribution in [1.29, 1.82) is 0 Å². The van der Waals surface area contributed by atoms with Crippen LogP contribution in [0.1, 0.15) is 22.4 Å². The number of nitrogens with zero attached hydrogens (tertiary/aromatic N) is 1. The third-order valence-corrected chi connectivity index (χ3v) is 3.21. The first kappa shape index (κ1) is 12.0. The van der Waals surface area contributed by atoms with Crippen molar-refractivity contribution in [1.82, 2.24) is 4.98 Å². The number of thiazole rings is 1. The van der Waals surface area contributed by atoms with E-state index in [-0.39, 0.29) is 5.56 Å². The van der Waals surface area contributed by atoms with Gasteiger partial charge in [-0.15, -0.1) is 11.3 Å². The molecule has 5 heteroatoms. The molecule has 0 spiro atoms. The minimum atomic E-state index is -1.04. The van der Waals surface area contributed by atoms with Gasteiger partial charge in [0.1, 0.15) is 17.7 Å². The highest BCUT2D eigenvalue weighted by atomic mass is 32.1. The molecular formula is C12H12FNO2S. The van der Waals surface area contributed by atoms with E-state index in [1.807, 2.05) is 6.92 Å². The Labute approximate surface area is 103 Å². The van der Waals surface area contributed by atoms with Gasteiger partial charge in [0.05, 0.1) is 17.8 Å². The lowest BCUT2D eigenvalue weighted by Crippen LogP contribution is -2.03. The molecule has 0 aliphatic rings. The van der Waals surface area contributed by atoms with E-state index < -0.39 is 11.9 Å². The third kappa shape index (κ3) is 2.45. The van der Waals surface area contributed by atoms with E-state index in [0.29, 0.717) is 11.4 Å². The van der Waals surface area contributed by atoms with Crippen molar-refractivity contribution in [2.24, 2.45) is 0 Å². The first-order valence-electron chi connectivity index (χ1n) is 5.05. The lowest BCUT2D eigenvalue weighted by Gasteiger charge is -2.10. The van der Waals surface area contributed by atoms with Gasteiger partial charge in [-0.05, 0) is 19.1 Å². The molecule has 2 rings (SSSR count). The van der Waals surface area contributed by atoms with Crippen molar-refractivity contribution in [2.45, 2.75) is 13.0 Å². The lowest BCUT2D eigenvalue weighted by atomic mass is 10.1. The van der Waals surface area contributed by atoms with Gasteiger partial charge in [-0.1, -0.05) is 0 Å². The number of ether oxygens (including phenoxy) is 1. The van der Waals surface area contributed by atoms with Crippen LogP contribution in [0.15, 0.2) is 23.6 Å². The Kier molecular flexibility index (Phi) is 3.40. The Morgan fingerprint density at radius 3 is 2.76 bits per heavy atom. The van der Waals surface area contributed by atoms with Crippen LogP contribution < -0.4 is 4.74 Å². The van der Waals surface area contributed by atoms with Crippen LogP contribution in [0.25, 0.3) is 0 Å². The van der Waals surface area contributed by atoms with Crippen molar-refractivity contribution in [3.05, 3.63) is 45.7 Å². The summed E-state index contributed by atoms with van der Waals surface area (Å²) < 4.78 is 18.6. The summed E-state index contributed by atoms with van der Waals surface area (Å²) in [6, 6.07) is 4.37. The van der Waals surface area contributed by atoms with Gasteiger partial charge >= 0.3 is 0 Å². The summed E-state index contributed by atoms with van der Waals surface area (Å²) in [7, 11) is 1.47. The van der Waals surface area contributed by atoms with E-state index in [1.165, 1.54) is 30.6 Å². The van der Waals surface area contributed by atoms with Crippen molar-refractivity contribution >= 4 is 11.3 Å². The standard InChI is InChI=1S/C12H12FNO2S/c1-7-14-11(6-17-7)12(15)9-4-3-8(16-2)5-10(9)13/h3-6,12,15H,1-2H3. The quantitative estimate of drug-likeness (QED) is 0.914. The van der Waals surface area contributed by atoms with Crippen LogP contribution in [0.4, 0.5) is 4.39 Å². The minimum Gasteiger partial charge on any atom is -0.497 e. The number of rotatable bonds is 3. The Bertz CT molecular complexity index is 527. The molecule has 1 aromatic heterocycles. The molecule has 0 saturated heterocycles. The molecule has 0 radical (unpaired) electrons. The first-order chi connectivity index (χ1) is 8.11. The van der Waals surface area contributed by atoms with E-state index in [9.17, 15) is 9.50 Å². The number of aromatic nitrogens is 1. The van der Waals surface area contributed by atoms with Crippen molar-refractivity contribution in [3.8, 4) is 5.75 Å². The monoisotopic (exact) mass is 253 g/mol. The normalized spacial score (nSPS) is 12.5. The molecule has 1 aromatic carbocycles. The highest BCUT2D eigenvalue weighted by Crippen LogP contribution is 2.27. The van der Waals surface area contributed by atoms with Gasteiger partial charge in [-0.2, -0.15) is 0 Å². The second-order valence-electron chi connectivity index (χ2n) is 3.58. The molecule has 1 heterocycles. The molecule has 2 aromatic rings. The summed E-state index contributed by atoms with van der Waals surface area (Å²) in [6.07, 6.45) is -1.04. The Morgan fingerprint density at radius 1 is 1.47 bits per heavy atom. The van der Waals surface area contributed by atoms with E-state index in [0.717, 1.165) is 5.01 Å². The molecular weight excluding hydrogens is 241 g/mol. The largest absolute Gasteiger partial charge is 0.497 e. The Balaban J connectivity index is 2.34. The second kappa shape index (κ2) is 4.81. The van der Waals surface area contributed by atoms with E-state index >= 15 is 0 Å².